The molecule has 1 fully saturated rings. The summed E-state index contributed by atoms with van der Waals surface area (Å²) in [6, 6.07) is 7.89. The Morgan fingerprint density at radius 3 is 3.20 bits per heavy atom. The zero-order valence-electron chi connectivity index (χ0n) is 13.8. The highest BCUT2D eigenvalue weighted by Crippen LogP contribution is 2.17. The van der Waals surface area contributed by atoms with Gasteiger partial charge in [-0.1, -0.05) is 6.07 Å². The quantitative estimate of drug-likeness (QED) is 0.753. The molecule has 3 aromatic heterocycles. The molecule has 3 aromatic rings. The Morgan fingerprint density at radius 2 is 2.32 bits per heavy atom. The Balaban J connectivity index is 1.35. The summed E-state index contributed by atoms with van der Waals surface area (Å²) in [5, 5.41) is 16.0. The van der Waals surface area contributed by atoms with Gasteiger partial charge in [-0.15, -0.1) is 21.5 Å². The molecular weight excluding hydrogens is 336 g/mol. The summed E-state index contributed by atoms with van der Waals surface area (Å²) in [5.74, 6) is 0. The number of pyridine rings is 1. The topological polar surface area (TPSA) is 74.6 Å². The molecule has 0 saturated carbocycles. The number of urea groups is 1. The van der Waals surface area contributed by atoms with E-state index < -0.39 is 0 Å². The van der Waals surface area contributed by atoms with Crippen LogP contribution in [-0.2, 0) is 6.54 Å². The van der Waals surface area contributed by atoms with Crippen molar-refractivity contribution in [3.63, 3.8) is 0 Å². The van der Waals surface area contributed by atoms with Crippen LogP contribution in [0, 0.1) is 0 Å². The first-order chi connectivity index (χ1) is 12.3. The predicted octanol–water partition coefficient (Wildman–Crippen LogP) is 2.58. The van der Waals surface area contributed by atoms with Crippen LogP contribution in [0.25, 0.3) is 5.65 Å². The minimum Gasteiger partial charge on any atom is -0.334 e. The van der Waals surface area contributed by atoms with E-state index in [1.54, 1.807) is 22.1 Å². The molecule has 4 heterocycles. The van der Waals surface area contributed by atoms with E-state index in [-0.39, 0.29) is 12.1 Å². The number of piperidine rings is 1. The Morgan fingerprint density at radius 1 is 1.36 bits per heavy atom. The van der Waals surface area contributed by atoms with E-state index >= 15 is 0 Å². The van der Waals surface area contributed by atoms with Crippen molar-refractivity contribution in [2.75, 3.05) is 18.4 Å². The average molecular weight is 356 g/mol. The molecule has 0 bridgehead atoms. The van der Waals surface area contributed by atoms with Crippen LogP contribution in [0.1, 0.15) is 17.7 Å². The average Bonchev–Trinajstić information content (AvgIpc) is 3.27. The lowest BCUT2D eigenvalue weighted by atomic mass is 10.1. The van der Waals surface area contributed by atoms with E-state index in [9.17, 15) is 4.79 Å². The fraction of sp³-hybridized carbons (Fsp3) is 0.353. The summed E-state index contributed by atoms with van der Waals surface area (Å²) < 4.78 is 1.78. The number of rotatable bonds is 4. The molecule has 4 rings (SSSR count). The summed E-state index contributed by atoms with van der Waals surface area (Å²) in [6.07, 6.45) is 5.56. The molecule has 1 aliphatic heterocycles. The second-order valence-electron chi connectivity index (χ2n) is 6.24. The molecule has 7 nitrogen and oxygen atoms in total. The maximum absolute atomic E-state index is 12.4. The lowest BCUT2D eigenvalue weighted by molar-refractivity contribution is 0.184. The van der Waals surface area contributed by atoms with Gasteiger partial charge in [0, 0.05) is 30.2 Å². The Kier molecular flexibility index (Phi) is 4.62. The predicted molar refractivity (Wildman–Crippen MR) is 97.8 cm³/mol. The zero-order valence-corrected chi connectivity index (χ0v) is 14.6. The lowest BCUT2D eigenvalue weighted by Gasteiger charge is -2.32. The van der Waals surface area contributed by atoms with Crippen LogP contribution in [0.2, 0.25) is 0 Å². The largest absolute Gasteiger partial charge is 0.334 e. The van der Waals surface area contributed by atoms with Crippen molar-refractivity contribution in [3.05, 3.63) is 47.0 Å². The molecule has 25 heavy (non-hydrogen) atoms. The van der Waals surface area contributed by atoms with Gasteiger partial charge in [0.1, 0.15) is 6.33 Å². The maximum Gasteiger partial charge on any atom is 0.319 e. The summed E-state index contributed by atoms with van der Waals surface area (Å²) in [7, 11) is 0. The molecule has 2 N–H and O–H groups in total. The van der Waals surface area contributed by atoms with Gasteiger partial charge in [-0.3, -0.25) is 9.30 Å². The first-order valence-electron chi connectivity index (χ1n) is 8.38. The molecule has 130 valence electrons. The van der Waals surface area contributed by atoms with Crippen LogP contribution < -0.4 is 10.6 Å². The van der Waals surface area contributed by atoms with Crippen molar-refractivity contribution in [1.82, 2.24) is 24.8 Å². The van der Waals surface area contributed by atoms with Gasteiger partial charge in [-0.25, -0.2) is 4.79 Å². The summed E-state index contributed by atoms with van der Waals surface area (Å²) in [6.45, 7) is 2.91. The second-order valence-corrected chi connectivity index (χ2v) is 7.27. The van der Waals surface area contributed by atoms with Crippen LogP contribution in [0.5, 0.6) is 0 Å². The summed E-state index contributed by atoms with van der Waals surface area (Å²) >= 11 is 1.78. The number of hydrogen-bond donors (Lipinski definition) is 2. The van der Waals surface area contributed by atoms with Crippen molar-refractivity contribution in [2.45, 2.75) is 25.4 Å². The van der Waals surface area contributed by atoms with Gasteiger partial charge in [-0.2, -0.15) is 0 Å². The van der Waals surface area contributed by atoms with Gasteiger partial charge in [0.05, 0.1) is 5.69 Å². The molecule has 0 radical (unpaired) electrons. The number of likely N-dealkylation sites (tertiary alicyclic amines) is 1. The maximum atomic E-state index is 12.4. The third kappa shape index (κ3) is 3.80. The number of nitrogens with one attached hydrogen (secondary N) is 2. The first-order valence-corrected chi connectivity index (χ1v) is 9.26. The molecule has 0 spiro atoms. The highest BCUT2D eigenvalue weighted by atomic mass is 32.1. The van der Waals surface area contributed by atoms with Gasteiger partial charge >= 0.3 is 6.03 Å². The number of aromatic nitrogens is 3. The van der Waals surface area contributed by atoms with Crippen LogP contribution in [0.4, 0.5) is 10.5 Å². The van der Waals surface area contributed by atoms with Crippen molar-refractivity contribution in [1.29, 1.82) is 0 Å². The van der Waals surface area contributed by atoms with Gasteiger partial charge in [0.25, 0.3) is 0 Å². The molecule has 2 amide bonds. The minimum atomic E-state index is -0.195. The molecule has 0 aliphatic carbocycles. The highest BCUT2D eigenvalue weighted by Gasteiger charge is 2.22. The van der Waals surface area contributed by atoms with E-state index in [0.29, 0.717) is 11.3 Å². The van der Waals surface area contributed by atoms with E-state index in [1.807, 2.05) is 18.3 Å². The summed E-state index contributed by atoms with van der Waals surface area (Å²) in [5.41, 5.74) is 1.30. The van der Waals surface area contributed by atoms with Gasteiger partial charge in [0.15, 0.2) is 5.65 Å². The van der Waals surface area contributed by atoms with Gasteiger partial charge < -0.3 is 10.6 Å². The Bertz CT molecular complexity index is 846. The number of fused-ring (bicyclic) bond motifs is 1. The summed E-state index contributed by atoms with van der Waals surface area (Å²) in [4.78, 5) is 16.1. The van der Waals surface area contributed by atoms with Crippen LogP contribution >= 0.6 is 11.3 Å². The number of carbonyl (C=O) groups excluding carboxylic acids is 1. The standard InChI is InChI=1S/C17H20N6OS/c24-17(20-15-6-2-8-23-12-18-21-16(15)23)19-13-4-1-7-22(10-13)11-14-5-3-9-25-14/h2-3,5-6,8-9,12-13H,1,4,7,10-11H2,(H2,19,20,24). The lowest BCUT2D eigenvalue weighted by Crippen LogP contribution is -2.48. The molecule has 1 atom stereocenters. The number of carbonyl (C=O) groups is 1. The second kappa shape index (κ2) is 7.20. The van der Waals surface area contributed by atoms with Crippen molar-refractivity contribution >= 4 is 28.7 Å². The fourth-order valence-electron chi connectivity index (χ4n) is 3.23. The van der Waals surface area contributed by atoms with Crippen LogP contribution in [0.3, 0.4) is 0 Å². The highest BCUT2D eigenvalue weighted by molar-refractivity contribution is 7.09. The SMILES string of the molecule is O=C(Nc1cccn2cnnc12)NC1CCCN(Cc2cccs2)C1. The Hall–Kier alpha value is -2.45. The van der Waals surface area contributed by atoms with Gasteiger partial charge in [0.2, 0.25) is 0 Å². The number of thiophene rings is 1. The zero-order chi connectivity index (χ0) is 17.1. The molecule has 1 unspecified atom stereocenters. The number of hydrogen-bond acceptors (Lipinski definition) is 5. The molecule has 1 saturated heterocycles. The van der Waals surface area contributed by atoms with Crippen molar-refractivity contribution in [2.24, 2.45) is 0 Å². The minimum absolute atomic E-state index is 0.159. The smallest absolute Gasteiger partial charge is 0.319 e. The number of amides is 2. The van der Waals surface area contributed by atoms with Crippen LogP contribution in [-0.4, -0.2) is 44.7 Å². The van der Waals surface area contributed by atoms with Crippen molar-refractivity contribution in [3.8, 4) is 0 Å². The number of anilines is 1. The monoisotopic (exact) mass is 356 g/mol. The van der Waals surface area contributed by atoms with E-state index in [0.717, 1.165) is 32.5 Å². The fourth-order valence-corrected chi connectivity index (χ4v) is 3.98. The molecular formula is C17H20N6OS. The molecule has 8 heteroatoms. The van der Waals surface area contributed by atoms with Crippen LogP contribution in [0.15, 0.2) is 42.2 Å². The number of nitrogens with zero attached hydrogens (tertiary/aromatic N) is 4. The first kappa shape index (κ1) is 16.0. The van der Waals surface area contributed by atoms with Crippen molar-refractivity contribution < 1.29 is 4.79 Å². The van der Waals surface area contributed by atoms with E-state index in [4.69, 9.17) is 0 Å². The molecule has 0 aromatic carbocycles. The van der Waals surface area contributed by atoms with Gasteiger partial charge in [-0.05, 0) is 43.0 Å². The third-order valence-corrected chi connectivity index (χ3v) is 5.23. The van der Waals surface area contributed by atoms with E-state index in [2.05, 4.69) is 43.2 Å². The Labute approximate surface area is 149 Å². The molecule has 1 aliphatic rings. The third-order valence-electron chi connectivity index (χ3n) is 4.37. The van der Waals surface area contributed by atoms with E-state index in [1.165, 1.54) is 4.88 Å². The normalized spacial score (nSPS) is 18.3.